The zero-order valence-corrected chi connectivity index (χ0v) is 21.7. The molecule has 0 fully saturated rings. The largest absolute Gasteiger partial charge is 0.400 e. The summed E-state index contributed by atoms with van der Waals surface area (Å²) in [6.07, 6.45) is 4.53. The maximum atomic E-state index is 12.2. The third-order valence-electron chi connectivity index (χ3n) is 4.67. The molecule has 12 heteroatoms. The molecule has 0 spiro atoms. The second-order valence-corrected chi connectivity index (χ2v) is 9.47. The van der Waals surface area contributed by atoms with Crippen LogP contribution in [0.25, 0.3) is 0 Å². The number of aliphatic imine (C=N–C) groups is 1. The lowest BCUT2D eigenvalue weighted by molar-refractivity contribution is 0.256. The van der Waals surface area contributed by atoms with E-state index in [-0.39, 0.29) is 24.7 Å². The molecule has 0 radical (unpaired) electrons. The molecule has 6 N–H and O–H groups in total. The highest BCUT2D eigenvalue weighted by molar-refractivity contribution is 8.39. The number of nitrogens with one attached hydrogen (secondary N) is 1. The van der Waals surface area contributed by atoms with Gasteiger partial charge in [0.2, 0.25) is 13.1 Å². The number of hydrogen-bond donors (Lipinski definition) is 6. The fourth-order valence-electron chi connectivity index (χ4n) is 2.92. The van der Waals surface area contributed by atoms with Gasteiger partial charge in [0.25, 0.3) is 5.56 Å². The zero-order chi connectivity index (χ0) is 25.5. The Hall–Kier alpha value is -2.30. The van der Waals surface area contributed by atoms with Crippen LogP contribution in [0.4, 0.5) is 11.6 Å². The minimum Gasteiger partial charge on any atom is -0.400 e. The van der Waals surface area contributed by atoms with Crippen molar-refractivity contribution < 1.29 is 19.6 Å². The van der Waals surface area contributed by atoms with Crippen LogP contribution in [0.5, 0.6) is 0 Å². The van der Waals surface area contributed by atoms with Crippen molar-refractivity contribution in [3.05, 3.63) is 51.4 Å². The molecule has 10 nitrogen and oxygen atoms in total. The van der Waals surface area contributed by atoms with Crippen LogP contribution < -0.4 is 11.3 Å². The number of aromatic nitrogens is 3. The second kappa shape index (κ2) is 16.3. The summed E-state index contributed by atoms with van der Waals surface area (Å²) in [6.45, 7) is 4.74. The first kappa shape index (κ1) is 29.7. The molecule has 3 rings (SSSR count). The summed E-state index contributed by atoms with van der Waals surface area (Å²) < 4.78 is 6.41. The van der Waals surface area contributed by atoms with Crippen LogP contribution in [0.3, 0.4) is 0 Å². The molecule has 3 aromatic rings. The van der Waals surface area contributed by atoms with Crippen LogP contribution >= 0.6 is 19.4 Å². The molecular formula is C22H36N5O5PS. The Labute approximate surface area is 205 Å². The van der Waals surface area contributed by atoms with Crippen LogP contribution in [0, 0.1) is 13.8 Å². The van der Waals surface area contributed by atoms with E-state index < -0.39 is 7.13 Å². The maximum absolute atomic E-state index is 12.2. The summed E-state index contributed by atoms with van der Waals surface area (Å²) in [5.74, 6) is 0.0994. The number of aromatic amines is 1. The average Bonchev–Trinajstić information content (AvgIpc) is 3.51. The Kier molecular flexibility index (Phi) is 14.3. The van der Waals surface area contributed by atoms with E-state index in [4.69, 9.17) is 25.4 Å². The molecule has 34 heavy (non-hydrogen) atoms. The molecule has 2 aromatic heterocycles. The lowest BCUT2D eigenvalue weighted by Gasteiger charge is -2.09. The highest BCUT2D eigenvalue weighted by Crippen LogP contribution is 2.39. The Morgan fingerprint density at radius 3 is 2.26 bits per heavy atom. The number of anilines is 1. The number of aryl methyl sites for hydroxylation is 2. The minimum absolute atomic E-state index is 0.0994. The van der Waals surface area contributed by atoms with Crippen LogP contribution in [0.2, 0.25) is 0 Å². The summed E-state index contributed by atoms with van der Waals surface area (Å²) in [5.41, 5.74) is 9.12. The number of nitrogens with zero attached hydrogens (tertiary/aromatic N) is 3. The van der Waals surface area contributed by atoms with Crippen LogP contribution in [0.15, 0.2) is 38.4 Å². The molecule has 2 heterocycles. The Bertz CT molecular complexity index is 1040. The van der Waals surface area contributed by atoms with Crippen molar-refractivity contribution in [1.29, 1.82) is 0 Å². The fourth-order valence-corrected chi connectivity index (χ4v) is 4.21. The van der Waals surface area contributed by atoms with Crippen molar-refractivity contribution in [2.24, 2.45) is 4.99 Å². The van der Waals surface area contributed by atoms with Gasteiger partial charge in [0.15, 0.2) is 0 Å². The first-order valence-electron chi connectivity index (χ1n) is 11.0. The standard InChI is InChI=1S/C19H26N4O2.C2H6NO2PS.CH4O/c1-13-8-10-15(11-9-13)16(7-5-3-4-6-12-24)22-17-14(2)21-19(20)23-18(17)25;4-2-1-3-5-6(3)7;1-2/h8-11,24H,3-7,12H2,1-2H3,(H3,20,21,23,25);4,7H,1-2H2;2H,1H3. The van der Waals surface area contributed by atoms with Gasteiger partial charge < -0.3 is 25.4 Å². The summed E-state index contributed by atoms with van der Waals surface area (Å²) >= 11 is 3.96. The van der Waals surface area contributed by atoms with E-state index in [1.807, 2.05) is 31.2 Å². The Balaban J connectivity index is 0.000000540. The maximum Gasteiger partial charge on any atom is 0.278 e. The second-order valence-electron chi connectivity index (χ2n) is 7.33. The molecule has 1 atom stereocenters. The van der Waals surface area contributed by atoms with E-state index in [1.54, 1.807) is 11.4 Å². The lowest BCUT2D eigenvalue weighted by atomic mass is 10.0. The normalized spacial score (nSPS) is 11.5. The number of nitrogens with two attached hydrogens (primary N) is 1. The number of hydrogen-bond acceptors (Lipinski definition) is 9. The number of nitrogen functional groups attached to an aromatic ring is 1. The average molecular weight is 514 g/mol. The van der Waals surface area contributed by atoms with Crippen LogP contribution in [-0.2, 0) is 6.54 Å². The van der Waals surface area contributed by atoms with E-state index >= 15 is 0 Å². The number of aliphatic hydroxyl groups excluding tert-OH is 3. The first-order chi connectivity index (χ1) is 16.3. The van der Waals surface area contributed by atoms with E-state index in [0.29, 0.717) is 17.9 Å². The molecule has 190 valence electrons. The van der Waals surface area contributed by atoms with Gasteiger partial charge in [-0.15, -0.1) is 0 Å². The molecule has 0 amide bonds. The van der Waals surface area contributed by atoms with Crippen molar-refractivity contribution in [2.75, 3.05) is 26.1 Å². The highest BCUT2D eigenvalue weighted by Gasteiger charge is 2.10. The SMILES string of the molecule is CO.Cc1ccc(C(CCCCCCO)=Nc2c(C)nc(N)[nH]c2=O)cc1.OCCn1op1S. The zero-order valence-electron chi connectivity index (χ0n) is 19.9. The van der Waals surface area contributed by atoms with Gasteiger partial charge in [0.1, 0.15) is 5.69 Å². The topological polar surface area (TPSA) is 163 Å². The van der Waals surface area contributed by atoms with Crippen LogP contribution in [0.1, 0.15) is 48.9 Å². The predicted molar refractivity (Wildman–Crippen MR) is 141 cm³/mol. The molecule has 0 saturated heterocycles. The van der Waals surface area contributed by atoms with Crippen LogP contribution in [-0.4, -0.2) is 55.8 Å². The number of unbranched alkanes of at least 4 members (excludes halogenated alkanes) is 3. The summed E-state index contributed by atoms with van der Waals surface area (Å²) in [5, 5.41) is 24.1. The molecule has 0 aliphatic heterocycles. The van der Waals surface area contributed by atoms with E-state index in [9.17, 15) is 4.79 Å². The van der Waals surface area contributed by atoms with Crippen molar-refractivity contribution in [1.82, 2.24) is 14.5 Å². The van der Waals surface area contributed by atoms with E-state index in [0.717, 1.165) is 50.5 Å². The molecule has 1 aromatic carbocycles. The van der Waals surface area contributed by atoms with Gasteiger partial charge in [-0.2, -0.15) is 4.50 Å². The quantitative estimate of drug-likeness (QED) is 0.137. The number of rotatable bonds is 10. The molecule has 0 aliphatic carbocycles. The fraction of sp³-hybridized carbons (Fsp3) is 0.500. The van der Waals surface area contributed by atoms with Gasteiger partial charge in [0.05, 0.1) is 18.8 Å². The Morgan fingerprint density at radius 2 is 1.76 bits per heavy atom. The minimum atomic E-state index is -0.572. The van der Waals surface area contributed by atoms with Gasteiger partial charge >= 0.3 is 0 Å². The summed E-state index contributed by atoms with van der Waals surface area (Å²) in [6, 6.07) is 8.12. The first-order valence-corrected chi connectivity index (χ1v) is 13.3. The van der Waals surface area contributed by atoms with Gasteiger partial charge in [-0.05, 0) is 38.7 Å². The van der Waals surface area contributed by atoms with Gasteiger partial charge in [-0.1, -0.05) is 54.9 Å². The molecular weight excluding hydrogens is 477 g/mol. The number of aliphatic hydroxyl groups is 3. The number of thiol groups is 1. The number of H-pyrrole nitrogens is 1. The van der Waals surface area contributed by atoms with Gasteiger partial charge in [-0.25, -0.2) is 9.98 Å². The lowest BCUT2D eigenvalue weighted by Crippen LogP contribution is -2.13. The van der Waals surface area contributed by atoms with Crippen molar-refractivity contribution in [2.45, 2.75) is 52.5 Å². The predicted octanol–water partition coefficient (Wildman–Crippen LogP) is 3.39. The van der Waals surface area contributed by atoms with Crippen molar-refractivity contribution in [3.63, 3.8) is 0 Å². The molecule has 1 unspecified atom stereocenters. The van der Waals surface area contributed by atoms with Crippen molar-refractivity contribution in [3.8, 4) is 0 Å². The summed E-state index contributed by atoms with van der Waals surface area (Å²) in [4.78, 5) is 23.4. The summed E-state index contributed by atoms with van der Waals surface area (Å²) in [7, 11) is 0.428. The van der Waals surface area contributed by atoms with Gasteiger partial charge in [0, 0.05) is 19.4 Å². The monoisotopic (exact) mass is 513 g/mol. The number of benzene rings is 1. The smallest absolute Gasteiger partial charge is 0.278 e. The van der Waals surface area contributed by atoms with Gasteiger partial charge in [-0.3, -0.25) is 9.78 Å². The third kappa shape index (κ3) is 10.8. The van der Waals surface area contributed by atoms with E-state index in [2.05, 4.69) is 27.2 Å². The molecule has 0 aliphatic rings. The highest BCUT2D eigenvalue weighted by atomic mass is 32.7. The van der Waals surface area contributed by atoms with Crippen molar-refractivity contribution >= 4 is 36.7 Å². The Morgan fingerprint density at radius 1 is 1.15 bits per heavy atom. The molecule has 0 bridgehead atoms. The van der Waals surface area contributed by atoms with E-state index in [1.165, 1.54) is 5.56 Å². The third-order valence-corrected chi connectivity index (χ3v) is 6.35. The molecule has 0 saturated carbocycles.